The SMILES string of the molecule is CC[C@H](c1ccncc1)N(C)C(=O)Cc1coc2cc(OC)ccc12. The average Bonchev–Trinajstić information content (AvgIpc) is 3.05. The summed E-state index contributed by atoms with van der Waals surface area (Å²) in [5, 5.41) is 0.944. The highest BCUT2D eigenvalue weighted by Crippen LogP contribution is 2.28. The van der Waals surface area contributed by atoms with Crippen molar-refractivity contribution >= 4 is 16.9 Å². The minimum absolute atomic E-state index is 0.0359. The van der Waals surface area contributed by atoms with Crippen molar-refractivity contribution in [3.05, 3.63) is 60.1 Å². The number of nitrogens with zero attached hydrogens (tertiary/aromatic N) is 2. The van der Waals surface area contributed by atoms with Crippen LogP contribution in [0.25, 0.3) is 11.0 Å². The summed E-state index contributed by atoms with van der Waals surface area (Å²) in [7, 11) is 3.47. The van der Waals surface area contributed by atoms with Crippen molar-refractivity contribution in [3.63, 3.8) is 0 Å². The van der Waals surface area contributed by atoms with Crippen molar-refractivity contribution in [1.82, 2.24) is 9.88 Å². The summed E-state index contributed by atoms with van der Waals surface area (Å²) in [5.41, 5.74) is 2.71. The number of hydrogen-bond donors (Lipinski definition) is 0. The van der Waals surface area contributed by atoms with Crippen LogP contribution >= 0.6 is 0 Å². The highest BCUT2D eigenvalue weighted by Gasteiger charge is 2.21. The maximum atomic E-state index is 12.8. The number of benzene rings is 1. The van der Waals surface area contributed by atoms with Crippen molar-refractivity contribution in [2.24, 2.45) is 0 Å². The Bertz CT molecular complexity index is 858. The first-order valence-electron chi connectivity index (χ1n) is 8.33. The fraction of sp³-hybridized carbons (Fsp3) is 0.300. The summed E-state index contributed by atoms with van der Waals surface area (Å²) >= 11 is 0. The molecular formula is C20H22N2O3. The highest BCUT2D eigenvalue weighted by atomic mass is 16.5. The molecule has 0 saturated heterocycles. The molecule has 3 rings (SSSR count). The van der Waals surface area contributed by atoms with Gasteiger partial charge in [0.05, 0.1) is 25.8 Å². The van der Waals surface area contributed by atoms with Crippen LogP contribution in [0.5, 0.6) is 5.75 Å². The standard InChI is InChI=1S/C20H22N2O3/c1-4-18(14-7-9-21-10-8-14)22(2)20(23)11-15-13-25-19-12-16(24-3)5-6-17(15)19/h5-10,12-13,18H,4,11H2,1-3H3/t18-/m1/s1. The molecule has 5 nitrogen and oxygen atoms in total. The van der Waals surface area contributed by atoms with Crippen molar-refractivity contribution in [3.8, 4) is 5.75 Å². The predicted octanol–water partition coefficient (Wildman–Crippen LogP) is 3.99. The van der Waals surface area contributed by atoms with Crippen LogP contribution in [0.4, 0.5) is 0 Å². The van der Waals surface area contributed by atoms with Crippen LogP contribution in [-0.4, -0.2) is 29.9 Å². The molecule has 2 heterocycles. The average molecular weight is 338 g/mol. The first kappa shape index (κ1) is 17.0. The number of rotatable bonds is 6. The summed E-state index contributed by atoms with van der Waals surface area (Å²) in [6.07, 6.45) is 6.32. The number of amides is 1. The van der Waals surface area contributed by atoms with Crippen LogP contribution in [0.3, 0.4) is 0 Å². The summed E-state index contributed by atoms with van der Waals surface area (Å²) in [6.45, 7) is 2.08. The smallest absolute Gasteiger partial charge is 0.227 e. The Kier molecular flexibility index (Phi) is 5.03. The van der Waals surface area contributed by atoms with Crippen LogP contribution in [0, 0.1) is 0 Å². The van der Waals surface area contributed by atoms with E-state index >= 15 is 0 Å². The number of carbonyl (C=O) groups excluding carboxylic acids is 1. The van der Waals surface area contributed by atoms with Gasteiger partial charge in [0.25, 0.3) is 0 Å². The third kappa shape index (κ3) is 3.50. The molecule has 1 aromatic carbocycles. The molecule has 3 aromatic rings. The lowest BCUT2D eigenvalue weighted by atomic mass is 10.0. The number of carbonyl (C=O) groups is 1. The molecule has 130 valence electrons. The Morgan fingerprint density at radius 2 is 2.04 bits per heavy atom. The number of furan rings is 1. The number of aromatic nitrogens is 1. The topological polar surface area (TPSA) is 55.6 Å². The second-order valence-electron chi connectivity index (χ2n) is 6.01. The van der Waals surface area contributed by atoms with Gasteiger partial charge in [-0.15, -0.1) is 0 Å². The predicted molar refractivity (Wildman–Crippen MR) is 96.5 cm³/mol. The van der Waals surface area contributed by atoms with Crippen molar-refractivity contribution in [1.29, 1.82) is 0 Å². The second kappa shape index (κ2) is 7.38. The van der Waals surface area contributed by atoms with Crippen molar-refractivity contribution in [2.45, 2.75) is 25.8 Å². The number of pyridine rings is 1. The molecule has 5 heteroatoms. The minimum atomic E-state index is 0.0359. The van der Waals surface area contributed by atoms with E-state index in [-0.39, 0.29) is 11.9 Å². The van der Waals surface area contributed by atoms with E-state index in [1.54, 1.807) is 30.7 Å². The normalized spacial score (nSPS) is 12.1. The molecule has 0 unspecified atom stereocenters. The molecule has 0 aliphatic heterocycles. The molecule has 0 N–H and O–H groups in total. The number of methoxy groups -OCH3 is 1. The molecule has 1 amide bonds. The van der Waals surface area contributed by atoms with Gasteiger partial charge in [-0.3, -0.25) is 9.78 Å². The van der Waals surface area contributed by atoms with Gasteiger partial charge >= 0.3 is 0 Å². The van der Waals surface area contributed by atoms with E-state index < -0.39 is 0 Å². The van der Waals surface area contributed by atoms with Gasteiger partial charge in [-0.05, 0) is 36.2 Å². The highest BCUT2D eigenvalue weighted by molar-refractivity contribution is 5.88. The zero-order chi connectivity index (χ0) is 17.8. The maximum absolute atomic E-state index is 12.8. The second-order valence-corrected chi connectivity index (χ2v) is 6.01. The first-order chi connectivity index (χ1) is 12.1. The van der Waals surface area contributed by atoms with Crippen LogP contribution in [-0.2, 0) is 11.2 Å². The third-order valence-corrected chi connectivity index (χ3v) is 4.54. The van der Waals surface area contributed by atoms with Crippen molar-refractivity contribution < 1.29 is 13.9 Å². The van der Waals surface area contributed by atoms with Crippen LogP contribution in [0.1, 0.15) is 30.5 Å². The minimum Gasteiger partial charge on any atom is -0.497 e. The van der Waals surface area contributed by atoms with E-state index in [1.165, 1.54) is 0 Å². The Labute approximate surface area is 147 Å². The molecule has 0 aliphatic carbocycles. The van der Waals surface area contributed by atoms with Gasteiger partial charge in [-0.1, -0.05) is 6.92 Å². The van der Waals surface area contributed by atoms with Gasteiger partial charge in [0.2, 0.25) is 5.91 Å². The molecule has 0 bridgehead atoms. The Morgan fingerprint density at radius 3 is 2.72 bits per heavy atom. The summed E-state index contributed by atoms with van der Waals surface area (Å²) in [5.74, 6) is 0.794. The Hall–Kier alpha value is -2.82. The van der Waals surface area contributed by atoms with Gasteiger partial charge < -0.3 is 14.1 Å². The van der Waals surface area contributed by atoms with E-state index in [9.17, 15) is 4.79 Å². The van der Waals surface area contributed by atoms with Gasteiger partial charge in [0.1, 0.15) is 11.3 Å². The summed E-state index contributed by atoms with van der Waals surface area (Å²) in [4.78, 5) is 18.6. The van der Waals surface area contributed by atoms with Gasteiger partial charge in [0.15, 0.2) is 0 Å². The molecule has 0 aliphatic rings. The van der Waals surface area contributed by atoms with Gasteiger partial charge in [0, 0.05) is 36.5 Å². The third-order valence-electron chi connectivity index (χ3n) is 4.54. The Balaban J connectivity index is 1.79. The Morgan fingerprint density at radius 1 is 1.28 bits per heavy atom. The molecule has 0 fully saturated rings. The lowest BCUT2D eigenvalue weighted by molar-refractivity contribution is -0.131. The fourth-order valence-corrected chi connectivity index (χ4v) is 3.11. The number of likely N-dealkylation sites (N-methyl/N-ethyl adjacent to an activating group) is 1. The molecule has 0 spiro atoms. The van der Waals surface area contributed by atoms with E-state index in [1.807, 2.05) is 37.4 Å². The van der Waals surface area contributed by atoms with Gasteiger partial charge in [-0.2, -0.15) is 0 Å². The largest absolute Gasteiger partial charge is 0.497 e. The quantitative estimate of drug-likeness (QED) is 0.682. The van der Waals surface area contributed by atoms with E-state index in [2.05, 4.69) is 11.9 Å². The van der Waals surface area contributed by atoms with Crippen LogP contribution in [0.15, 0.2) is 53.4 Å². The molecule has 0 radical (unpaired) electrons. The zero-order valence-electron chi connectivity index (χ0n) is 14.7. The number of fused-ring (bicyclic) bond motifs is 1. The van der Waals surface area contributed by atoms with Crippen LogP contribution < -0.4 is 4.74 Å². The molecular weight excluding hydrogens is 316 g/mol. The van der Waals surface area contributed by atoms with E-state index in [0.717, 1.165) is 34.3 Å². The lowest BCUT2D eigenvalue weighted by Gasteiger charge is -2.27. The number of ether oxygens (including phenoxy) is 1. The summed E-state index contributed by atoms with van der Waals surface area (Å²) < 4.78 is 10.8. The molecule has 25 heavy (non-hydrogen) atoms. The van der Waals surface area contributed by atoms with E-state index in [0.29, 0.717) is 6.42 Å². The summed E-state index contributed by atoms with van der Waals surface area (Å²) in [6, 6.07) is 9.59. The molecule has 1 atom stereocenters. The molecule has 0 saturated carbocycles. The number of hydrogen-bond acceptors (Lipinski definition) is 4. The monoisotopic (exact) mass is 338 g/mol. The van der Waals surface area contributed by atoms with E-state index in [4.69, 9.17) is 9.15 Å². The first-order valence-corrected chi connectivity index (χ1v) is 8.33. The van der Waals surface area contributed by atoms with Crippen molar-refractivity contribution in [2.75, 3.05) is 14.2 Å². The fourth-order valence-electron chi connectivity index (χ4n) is 3.11. The zero-order valence-corrected chi connectivity index (χ0v) is 14.7. The van der Waals surface area contributed by atoms with Crippen LogP contribution in [0.2, 0.25) is 0 Å². The molecule has 2 aromatic heterocycles. The maximum Gasteiger partial charge on any atom is 0.227 e. The van der Waals surface area contributed by atoms with Gasteiger partial charge in [-0.25, -0.2) is 0 Å². The lowest BCUT2D eigenvalue weighted by Crippen LogP contribution is -2.32.